The molecule has 2 rings (SSSR count). The quantitative estimate of drug-likeness (QED) is 0.286. The molecule has 0 amide bonds. The summed E-state index contributed by atoms with van der Waals surface area (Å²) in [6.07, 6.45) is 0. The Kier molecular flexibility index (Phi) is 29.2. The Morgan fingerprint density at radius 1 is 0.576 bits per heavy atom. The van der Waals surface area contributed by atoms with Crippen molar-refractivity contribution in [2.24, 2.45) is 0 Å². The van der Waals surface area contributed by atoms with E-state index >= 15 is 0 Å². The molecule has 33 heavy (non-hydrogen) atoms. The molecular formula is C18H24N2Ni6O4S3. The van der Waals surface area contributed by atoms with Gasteiger partial charge < -0.3 is 0 Å². The van der Waals surface area contributed by atoms with Crippen LogP contribution < -0.4 is 9.44 Å². The van der Waals surface area contributed by atoms with Crippen molar-refractivity contribution in [3.8, 4) is 0 Å². The van der Waals surface area contributed by atoms with Gasteiger partial charge in [0.25, 0.3) is 0 Å². The van der Waals surface area contributed by atoms with Crippen LogP contribution >= 0.6 is 11.8 Å². The number of thioether (sulfide) groups is 1. The van der Waals surface area contributed by atoms with Gasteiger partial charge in [0.2, 0.25) is 20.0 Å². The van der Waals surface area contributed by atoms with Gasteiger partial charge in [-0.25, -0.2) is 26.3 Å². The van der Waals surface area contributed by atoms with Gasteiger partial charge in [-0.3, -0.25) is 0 Å². The monoisotopic (exact) mass is 776 g/mol. The zero-order valence-electron chi connectivity index (χ0n) is 17.2. The van der Waals surface area contributed by atoms with Crippen LogP contribution in [-0.4, -0.2) is 41.4 Å². The van der Waals surface area contributed by atoms with Crippen molar-refractivity contribution in [2.45, 2.75) is 23.6 Å². The van der Waals surface area contributed by atoms with Crippen LogP contribution in [0.1, 0.15) is 11.1 Å². The maximum atomic E-state index is 12.1. The molecule has 0 aliphatic rings. The van der Waals surface area contributed by atoms with Crippen molar-refractivity contribution < 1.29 is 116 Å². The van der Waals surface area contributed by atoms with Crippen molar-refractivity contribution in [2.75, 3.05) is 24.6 Å². The minimum absolute atomic E-state index is 0. The average Bonchev–Trinajstić information content (AvgIpc) is 2.61. The number of sulfonamides is 2. The summed E-state index contributed by atoms with van der Waals surface area (Å²) in [5.74, 6) is 1.11. The number of aryl methyl sites for hydroxylation is 2. The molecule has 208 valence electrons. The van der Waals surface area contributed by atoms with Gasteiger partial charge >= 0.3 is 0 Å². The van der Waals surface area contributed by atoms with E-state index < -0.39 is 20.0 Å². The number of hydrogen-bond donors (Lipinski definition) is 2. The topological polar surface area (TPSA) is 92.3 Å². The van der Waals surface area contributed by atoms with Crippen LogP contribution in [0.5, 0.6) is 0 Å². The SMILES string of the molecule is Cc1ccc(S(=O)(=O)NCCSCCNS(=O)(=O)c2ccc(C)cc2)cc1.[Ni].[Ni].[Ni].[Ni].[Ni].[Ni]. The first-order valence-corrected chi connectivity index (χ1v) is 12.5. The maximum Gasteiger partial charge on any atom is 0.240 e. The van der Waals surface area contributed by atoms with E-state index in [0.717, 1.165) is 11.1 Å². The molecule has 0 unspecified atom stereocenters. The van der Waals surface area contributed by atoms with Crippen LogP contribution in [0.4, 0.5) is 0 Å². The number of rotatable bonds is 10. The fraction of sp³-hybridized carbons (Fsp3) is 0.333. The molecule has 0 fully saturated rings. The molecule has 0 aliphatic carbocycles. The van der Waals surface area contributed by atoms with E-state index in [1.54, 1.807) is 48.5 Å². The molecule has 0 spiro atoms. The molecule has 2 aromatic rings. The Labute approximate surface area is 262 Å². The summed E-state index contributed by atoms with van der Waals surface area (Å²) in [7, 11) is -7.01. The summed E-state index contributed by atoms with van der Waals surface area (Å²) in [6, 6.07) is 13.3. The summed E-state index contributed by atoms with van der Waals surface area (Å²) < 4.78 is 53.6. The number of hydrogen-bond acceptors (Lipinski definition) is 5. The first-order valence-electron chi connectivity index (χ1n) is 8.41. The Bertz CT molecular complexity index is 882. The summed E-state index contributed by atoms with van der Waals surface area (Å²) >= 11 is 1.48. The molecule has 0 radical (unpaired) electrons. The fourth-order valence-corrected chi connectivity index (χ4v) is 5.22. The molecule has 2 N–H and O–H groups in total. The van der Waals surface area contributed by atoms with E-state index in [4.69, 9.17) is 0 Å². The molecule has 0 saturated heterocycles. The van der Waals surface area contributed by atoms with Crippen LogP contribution in [-0.2, 0) is 119 Å². The standard InChI is InChI=1S/C18H24N2O4S3.6Ni/c1-15-3-7-17(8-4-15)26(21,22)19-11-13-25-14-12-20-27(23,24)18-9-5-16(2)6-10-18;;;;;;/h3-10,19-20H,11-14H2,1-2H3;;;;;;. The molecule has 0 aromatic heterocycles. The van der Waals surface area contributed by atoms with E-state index in [-0.39, 0.29) is 122 Å². The van der Waals surface area contributed by atoms with Crippen molar-refractivity contribution in [1.29, 1.82) is 0 Å². The van der Waals surface area contributed by atoms with E-state index in [2.05, 4.69) is 9.44 Å². The number of nitrogens with one attached hydrogen (secondary N) is 2. The van der Waals surface area contributed by atoms with Crippen LogP contribution in [0.25, 0.3) is 0 Å². The predicted octanol–water partition coefficient (Wildman–Crippen LogP) is 2.28. The Balaban J connectivity index is -0.000000436. The first kappa shape index (κ1) is 44.6. The van der Waals surface area contributed by atoms with Crippen molar-refractivity contribution in [1.82, 2.24) is 9.44 Å². The van der Waals surface area contributed by atoms with Gasteiger partial charge in [-0.05, 0) is 38.1 Å². The van der Waals surface area contributed by atoms with Gasteiger partial charge in [-0.1, -0.05) is 35.4 Å². The van der Waals surface area contributed by atoms with Gasteiger partial charge in [0.15, 0.2) is 0 Å². The Morgan fingerprint density at radius 3 is 1.12 bits per heavy atom. The molecule has 0 saturated carbocycles. The van der Waals surface area contributed by atoms with E-state index in [1.165, 1.54) is 11.8 Å². The Morgan fingerprint density at radius 2 is 0.848 bits per heavy atom. The third-order valence-corrected chi connectivity index (χ3v) is 7.68. The molecule has 2 aromatic carbocycles. The summed E-state index contributed by atoms with van der Waals surface area (Å²) in [6.45, 7) is 4.36. The van der Waals surface area contributed by atoms with Crippen LogP contribution in [0.15, 0.2) is 58.3 Å². The second-order valence-electron chi connectivity index (χ2n) is 6.03. The van der Waals surface area contributed by atoms with Crippen molar-refractivity contribution in [3.05, 3.63) is 59.7 Å². The van der Waals surface area contributed by atoms with Gasteiger partial charge in [0.05, 0.1) is 9.79 Å². The summed E-state index contributed by atoms with van der Waals surface area (Å²) in [4.78, 5) is 0.480. The van der Waals surface area contributed by atoms with E-state index in [1.807, 2.05) is 13.8 Å². The Hall–Kier alpha value is 1.57. The molecular weight excluding hydrogens is 757 g/mol. The summed E-state index contributed by atoms with van der Waals surface area (Å²) in [5.41, 5.74) is 2.00. The van der Waals surface area contributed by atoms with Gasteiger partial charge in [0, 0.05) is 124 Å². The van der Waals surface area contributed by atoms with Crippen molar-refractivity contribution >= 4 is 31.8 Å². The third-order valence-electron chi connectivity index (χ3n) is 3.74. The summed E-state index contributed by atoms with van der Waals surface area (Å²) in [5, 5.41) is 0. The zero-order valence-corrected chi connectivity index (χ0v) is 25.6. The predicted molar refractivity (Wildman–Crippen MR) is 110 cm³/mol. The fourth-order valence-electron chi connectivity index (χ4n) is 2.20. The largest absolute Gasteiger partial charge is 0.240 e. The van der Waals surface area contributed by atoms with Crippen molar-refractivity contribution in [3.63, 3.8) is 0 Å². The van der Waals surface area contributed by atoms with Gasteiger partial charge in [-0.15, -0.1) is 0 Å². The molecule has 0 bridgehead atoms. The van der Waals surface area contributed by atoms with Gasteiger partial charge in [-0.2, -0.15) is 11.8 Å². The van der Waals surface area contributed by atoms with Crippen LogP contribution in [0, 0.1) is 13.8 Å². The average molecular weight is 781 g/mol. The minimum atomic E-state index is -3.51. The molecule has 6 nitrogen and oxygen atoms in total. The van der Waals surface area contributed by atoms with Crippen LogP contribution in [0.2, 0.25) is 0 Å². The molecule has 15 heteroatoms. The molecule has 0 atom stereocenters. The maximum absolute atomic E-state index is 12.1. The smallest absolute Gasteiger partial charge is 0.210 e. The minimum Gasteiger partial charge on any atom is -0.210 e. The van der Waals surface area contributed by atoms with Crippen LogP contribution in [0.3, 0.4) is 0 Å². The first-order chi connectivity index (χ1) is 12.7. The normalized spacial score (nSPS) is 10.0. The third kappa shape index (κ3) is 16.1. The molecule has 0 heterocycles. The number of benzene rings is 2. The van der Waals surface area contributed by atoms with E-state index in [9.17, 15) is 16.8 Å². The second-order valence-corrected chi connectivity index (χ2v) is 10.8. The van der Waals surface area contributed by atoms with Gasteiger partial charge in [0.1, 0.15) is 0 Å². The zero-order chi connectivity index (χ0) is 19.9. The second kappa shape index (κ2) is 21.6. The molecule has 0 aliphatic heterocycles. The van der Waals surface area contributed by atoms with E-state index in [0.29, 0.717) is 11.5 Å².